The highest BCUT2D eigenvalue weighted by Crippen LogP contribution is 2.05. The smallest absolute Gasteiger partial charge is 0.0191 e. The number of likely N-dealkylation sites (N-methyl/N-ethyl adjacent to an activating group) is 1. The minimum atomic E-state index is 0.332. The van der Waals surface area contributed by atoms with Crippen molar-refractivity contribution in [3.05, 3.63) is 0 Å². The lowest BCUT2D eigenvalue weighted by Crippen LogP contribution is -2.42. The Bertz CT molecular complexity index is 159. The monoisotopic (exact) mass is 199 g/mol. The molecular weight excluding hydrogens is 174 g/mol. The molecule has 0 radical (unpaired) electrons. The lowest BCUT2D eigenvalue weighted by molar-refractivity contribution is 0.243. The van der Waals surface area contributed by atoms with E-state index < -0.39 is 0 Å². The lowest BCUT2D eigenvalue weighted by atomic mass is 10.1. The van der Waals surface area contributed by atoms with Gasteiger partial charge in [-0.05, 0) is 32.5 Å². The molecule has 1 atom stereocenters. The standard InChI is InChI=1S/C11H25N3/c1-10(2)11(12)9-14-6-4-5-13(3)7-8-14/h10-11H,4-9,12H2,1-3H3/t11-/m1/s1. The zero-order valence-corrected chi connectivity index (χ0v) is 9.87. The van der Waals surface area contributed by atoms with Gasteiger partial charge in [0, 0.05) is 25.7 Å². The van der Waals surface area contributed by atoms with Crippen LogP contribution in [0.3, 0.4) is 0 Å². The van der Waals surface area contributed by atoms with Gasteiger partial charge in [0.2, 0.25) is 0 Å². The molecule has 1 fully saturated rings. The minimum Gasteiger partial charge on any atom is -0.326 e. The predicted octanol–water partition coefficient (Wildman–Crippen LogP) is 0.607. The van der Waals surface area contributed by atoms with Crippen LogP contribution in [0.4, 0.5) is 0 Å². The second kappa shape index (κ2) is 5.69. The third-order valence-electron chi connectivity index (χ3n) is 3.14. The molecule has 0 aromatic heterocycles. The summed E-state index contributed by atoms with van der Waals surface area (Å²) in [6.45, 7) is 10.3. The number of hydrogen-bond donors (Lipinski definition) is 1. The quantitative estimate of drug-likeness (QED) is 0.723. The van der Waals surface area contributed by atoms with Crippen molar-refractivity contribution in [3.63, 3.8) is 0 Å². The third kappa shape index (κ3) is 3.95. The van der Waals surface area contributed by atoms with E-state index in [1.807, 2.05) is 0 Å². The molecule has 2 N–H and O–H groups in total. The maximum atomic E-state index is 6.08. The van der Waals surface area contributed by atoms with Crippen molar-refractivity contribution in [1.82, 2.24) is 9.80 Å². The van der Waals surface area contributed by atoms with Crippen molar-refractivity contribution in [2.45, 2.75) is 26.3 Å². The fourth-order valence-electron chi connectivity index (χ4n) is 1.79. The van der Waals surface area contributed by atoms with Crippen molar-refractivity contribution in [2.75, 3.05) is 39.8 Å². The van der Waals surface area contributed by atoms with Gasteiger partial charge in [0.1, 0.15) is 0 Å². The highest BCUT2D eigenvalue weighted by molar-refractivity contribution is 4.74. The highest BCUT2D eigenvalue weighted by Gasteiger charge is 2.16. The van der Waals surface area contributed by atoms with Gasteiger partial charge >= 0.3 is 0 Å². The van der Waals surface area contributed by atoms with Crippen LogP contribution >= 0.6 is 0 Å². The van der Waals surface area contributed by atoms with E-state index in [-0.39, 0.29) is 0 Å². The maximum Gasteiger partial charge on any atom is 0.0191 e. The minimum absolute atomic E-state index is 0.332. The summed E-state index contributed by atoms with van der Waals surface area (Å²) in [5, 5.41) is 0. The van der Waals surface area contributed by atoms with E-state index in [0.29, 0.717) is 12.0 Å². The Morgan fingerprint density at radius 3 is 2.50 bits per heavy atom. The summed E-state index contributed by atoms with van der Waals surface area (Å²) in [7, 11) is 2.20. The summed E-state index contributed by atoms with van der Waals surface area (Å²) in [5.74, 6) is 0.594. The molecule has 84 valence electrons. The topological polar surface area (TPSA) is 32.5 Å². The van der Waals surface area contributed by atoms with E-state index in [0.717, 1.165) is 6.54 Å². The number of nitrogens with zero attached hydrogens (tertiary/aromatic N) is 2. The van der Waals surface area contributed by atoms with Crippen LogP contribution in [0.15, 0.2) is 0 Å². The first-order valence-electron chi connectivity index (χ1n) is 5.76. The normalized spacial score (nSPS) is 23.8. The Labute approximate surface area is 88.2 Å². The van der Waals surface area contributed by atoms with Gasteiger partial charge in [0.15, 0.2) is 0 Å². The highest BCUT2D eigenvalue weighted by atomic mass is 15.2. The average molecular weight is 199 g/mol. The molecule has 0 amide bonds. The molecule has 1 aliphatic rings. The summed E-state index contributed by atoms with van der Waals surface area (Å²) in [4.78, 5) is 4.91. The van der Waals surface area contributed by atoms with Crippen LogP contribution in [-0.2, 0) is 0 Å². The molecule has 0 aliphatic carbocycles. The first kappa shape index (κ1) is 12.0. The van der Waals surface area contributed by atoms with Crippen LogP contribution in [0.5, 0.6) is 0 Å². The van der Waals surface area contributed by atoms with Gasteiger partial charge in [0.05, 0.1) is 0 Å². The maximum absolute atomic E-state index is 6.08. The first-order chi connectivity index (χ1) is 6.59. The van der Waals surface area contributed by atoms with Gasteiger partial charge in [-0.2, -0.15) is 0 Å². The summed E-state index contributed by atoms with van der Waals surface area (Å²) in [5.41, 5.74) is 6.08. The molecule has 1 rings (SSSR count). The van der Waals surface area contributed by atoms with Crippen molar-refractivity contribution >= 4 is 0 Å². The SMILES string of the molecule is CC(C)[C@H](N)CN1CCCN(C)CC1. The fourth-order valence-corrected chi connectivity index (χ4v) is 1.79. The molecule has 3 heteroatoms. The van der Waals surface area contributed by atoms with E-state index in [1.165, 1.54) is 32.6 Å². The van der Waals surface area contributed by atoms with Crippen LogP contribution < -0.4 is 5.73 Å². The summed E-state index contributed by atoms with van der Waals surface area (Å²) in [6, 6.07) is 0.332. The number of rotatable bonds is 3. The Balaban J connectivity index is 2.30. The number of nitrogens with two attached hydrogens (primary N) is 1. The van der Waals surface area contributed by atoms with Crippen molar-refractivity contribution < 1.29 is 0 Å². The van der Waals surface area contributed by atoms with E-state index in [2.05, 4.69) is 30.7 Å². The van der Waals surface area contributed by atoms with Gasteiger partial charge in [-0.15, -0.1) is 0 Å². The molecule has 0 aromatic rings. The molecule has 3 nitrogen and oxygen atoms in total. The van der Waals surface area contributed by atoms with Gasteiger partial charge in [-0.1, -0.05) is 13.8 Å². The number of hydrogen-bond acceptors (Lipinski definition) is 3. The molecule has 0 bridgehead atoms. The van der Waals surface area contributed by atoms with Gasteiger partial charge in [-0.3, -0.25) is 0 Å². The van der Waals surface area contributed by atoms with E-state index in [1.54, 1.807) is 0 Å². The molecule has 1 heterocycles. The van der Waals surface area contributed by atoms with Crippen LogP contribution in [0.25, 0.3) is 0 Å². The Kier molecular flexibility index (Phi) is 4.85. The van der Waals surface area contributed by atoms with Crippen LogP contribution in [-0.4, -0.2) is 55.6 Å². The largest absolute Gasteiger partial charge is 0.326 e. The van der Waals surface area contributed by atoms with Crippen LogP contribution in [0.2, 0.25) is 0 Å². The lowest BCUT2D eigenvalue weighted by Gasteiger charge is -2.25. The zero-order chi connectivity index (χ0) is 10.6. The average Bonchev–Trinajstić information content (AvgIpc) is 2.31. The summed E-state index contributed by atoms with van der Waals surface area (Å²) >= 11 is 0. The van der Waals surface area contributed by atoms with E-state index in [9.17, 15) is 0 Å². The molecule has 1 saturated heterocycles. The molecule has 1 aliphatic heterocycles. The molecule has 0 aromatic carbocycles. The van der Waals surface area contributed by atoms with Crippen molar-refractivity contribution in [3.8, 4) is 0 Å². The summed E-state index contributed by atoms with van der Waals surface area (Å²) < 4.78 is 0. The third-order valence-corrected chi connectivity index (χ3v) is 3.14. The molecule has 0 saturated carbocycles. The predicted molar refractivity (Wildman–Crippen MR) is 61.4 cm³/mol. The second-order valence-electron chi connectivity index (χ2n) is 4.87. The zero-order valence-electron chi connectivity index (χ0n) is 9.87. The fraction of sp³-hybridized carbons (Fsp3) is 1.00. The van der Waals surface area contributed by atoms with Crippen LogP contribution in [0.1, 0.15) is 20.3 Å². The Morgan fingerprint density at radius 2 is 1.86 bits per heavy atom. The van der Waals surface area contributed by atoms with Gasteiger partial charge in [-0.25, -0.2) is 0 Å². The van der Waals surface area contributed by atoms with Crippen molar-refractivity contribution in [1.29, 1.82) is 0 Å². The van der Waals surface area contributed by atoms with E-state index in [4.69, 9.17) is 5.73 Å². The molecule has 0 spiro atoms. The van der Waals surface area contributed by atoms with Gasteiger partial charge in [0.25, 0.3) is 0 Å². The Morgan fingerprint density at radius 1 is 1.14 bits per heavy atom. The van der Waals surface area contributed by atoms with Crippen molar-refractivity contribution in [2.24, 2.45) is 11.7 Å². The van der Waals surface area contributed by atoms with Crippen LogP contribution in [0, 0.1) is 5.92 Å². The summed E-state index contributed by atoms with van der Waals surface area (Å²) in [6.07, 6.45) is 1.28. The first-order valence-corrected chi connectivity index (χ1v) is 5.76. The second-order valence-corrected chi connectivity index (χ2v) is 4.87. The van der Waals surface area contributed by atoms with E-state index >= 15 is 0 Å². The molecule has 14 heavy (non-hydrogen) atoms. The van der Waals surface area contributed by atoms with Gasteiger partial charge < -0.3 is 15.5 Å². The Hall–Kier alpha value is -0.120. The molecule has 0 unspecified atom stereocenters. The molecular formula is C11H25N3.